The van der Waals surface area contributed by atoms with E-state index in [-0.39, 0.29) is 19.2 Å². The number of ether oxygens (including phenoxy) is 10. The first-order valence-corrected chi connectivity index (χ1v) is 14.8. The molecule has 240 valence electrons. The van der Waals surface area contributed by atoms with E-state index in [1.54, 1.807) is 0 Å². The van der Waals surface area contributed by atoms with Gasteiger partial charge in [-0.1, -0.05) is 32.6 Å². The zero-order chi connectivity index (χ0) is 29.0. The van der Waals surface area contributed by atoms with Gasteiger partial charge >= 0.3 is 5.97 Å². The van der Waals surface area contributed by atoms with Crippen LogP contribution >= 0.6 is 0 Å². The van der Waals surface area contributed by atoms with E-state index < -0.39 is 0 Å². The summed E-state index contributed by atoms with van der Waals surface area (Å²) in [7, 11) is 0. The zero-order valence-corrected chi connectivity index (χ0v) is 24.8. The molecule has 0 spiro atoms. The quantitative estimate of drug-likeness (QED) is 0.0864. The molecule has 0 rings (SSSR count). The molecule has 0 saturated carbocycles. The molecule has 0 bridgehead atoms. The Labute approximate surface area is 241 Å². The third kappa shape index (κ3) is 35.1. The van der Waals surface area contributed by atoms with E-state index in [2.05, 4.69) is 6.92 Å². The largest absolute Gasteiger partial charge is 0.463 e. The molecule has 0 aromatic rings. The average molecular weight is 585 g/mol. The van der Waals surface area contributed by atoms with Gasteiger partial charge in [-0.25, -0.2) is 0 Å². The van der Waals surface area contributed by atoms with Gasteiger partial charge in [0.25, 0.3) is 0 Å². The number of esters is 1. The molecular weight excluding hydrogens is 528 g/mol. The highest BCUT2D eigenvalue weighted by atomic mass is 16.6. The van der Waals surface area contributed by atoms with Crippen molar-refractivity contribution in [2.45, 2.75) is 45.4 Å². The molecule has 0 aromatic heterocycles. The smallest absolute Gasteiger partial charge is 0.305 e. The highest BCUT2D eigenvalue weighted by Crippen LogP contribution is 2.05. The Morgan fingerprint density at radius 1 is 0.425 bits per heavy atom. The van der Waals surface area contributed by atoms with Crippen molar-refractivity contribution in [3.05, 3.63) is 0 Å². The van der Waals surface area contributed by atoms with Gasteiger partial charge in [0.1, 0.15) is 6.61 Å². The second-order valence-corrected chi connectivity index (χ2v) is 8.62. The Kier molecular flexibility index (Phi) is 35.3. The van der Waals surface area contributed by atoms with Crippen molar-refractivity contribution in [1.29, 1.82) is 0 Å². The lowest BCUT2D eigenvalue weighted by Gasteiger charge is -2.09. The van der Waals surface area contributed by atoms with Crippen LogP contribution in [0.15, 0.2) is 0 Å². The minimum Gasteiger partial charge on any atom is -0.463 e. The van der Waals surface area contributed by atoms with Crippen molar-refractivity contribution in [3.8, 4) is 0 Å². The van der Waals surface area contributed by atoms with Crippen molar-refractivity contribution in [2.24, 2.45) is 0 Å². The molecule has 0 aliphatic rings. The van der Waals surface area contributed by atoms with Crippen LogP contribution in [0.3, 0.4) is 0 Å². The monoisotopic (exact) mass is 584 g/mol. The van der Waals surface area contributed by atoms with Crippen molar-refractivity contribution in [2.75, 3.05) is 132 Å². The minimum atomic E-state index is -0.148. The number of rotatable bonds is 35. The van der Waals surface area contributed by atoms with E-state index in [4.69, 9.17) is 52.5 Å². The standard InChI is InChI=1S/C28H56O12/c1-2-3-4-5-6-7-28(30)40-27-26-39-25-24-38-23-22-37-21-20-36-19-18-35-17-16-34-15-14-33-13-12-32-11-10-31-9-8-29/h29H,2-27H2,1H3. The Bertz CT molecular complexity index is 484. The van der Waals surface area contributed by atoms with Crippen LogP contribution in [-0.2, 0) is 52.2 Å². The van der Waals surface area contributed by atoms with Crippen LogP contribution in [0.4, 0.5) is 0 Å². The van der Waals surface area contributed by atoms with E-state index >= 15 is 0 Å². The minimum absolute atomic E-state index is 0.0247. The van der Waals surface area contributed by atoms with Gasteiger partial charge in [-0.2, -0.15) is 0 Å². The average Bonchev–Trinajstić information content (AvgIpc) is 2.96. The molecule has 0 aliphatic carbocycles. The molecule has 0 radical (unpaired) electrons. The number of hydrogen-bond donors (Lipinski definition) is 1. The number of hydrogen-bond acceptors (Lipinski definition) is 12. The highest BCUT2D eigenvalue weighted by molar-refractivity contribution is 5.69. The topological polar surface area (TPSA) is 130 Å². The molecule has 0 aromatic carbocycles. The van der Waals surface area contributed by atoms with Gasteiger partial charge in [0.2, 0.25) is 0 Å². The van der Waals surface area contributed by atoms with E-state index in [0.717, 1.165) is 12.8 Å². The first-order valence-electron chi connectivity index (χ1n) is 14.8. The summed E-state index contributed by atoms with van der Waals surface area (Å²) in [6, 6.07) is 0. The van der Waals surface area contributed by atoms with Crippen LogP contribution < -0.4 is 0 Å². The van der Waals surface area contributed by atoms with Gasteiger partial charge < -0.3 is 52.5 Å². The van der Waals surface area contributed by atoms with Gasteiger partial charge in [-0.15, -0.1) is 0 Å². The number of aliphatic hydroxyl groups is 1. The van der Waals surface area contributed by atoms with Gasteiger partial charge in [0.05, 0.1) is 126 Å². The van der Waals surface area contributed by atoms with E-state index in [1.165, 1.54) is 19.3 Å². The molecule has 0 saturated heterocycles. The molecule has 0 amide bonds. The number of carbonyl (C=O) groups excluding carboxylic acids is 1. The highest BCUT2D eigenvalue weighted by Gasteiger charge is 2.02. The van der Waals surface area contributed by atoms with E-state index in [0.29, 0.717) is 125 Å². The molecule has 0 heterocycles. The molecule has 0 atom stereocenters. The van der Waals surface area contributed by atoms with Crippen molar-refractivity contribution in [3.63, 3.8) is 0 Å². The van der Waals surface area contributed by atoms with Gasteiger partial charge in [-0.3, -0.25) is 4.79 Å². The molecular formula is C28H56O12. The van der Waals surface area contributed by atoms with Crippen LogP contribution in [0.1, 0.15) is 45.4 Å². The summed E-state index contributed by atoms with van der Waals surface area (Å²) in [6.07, 6.45) is 6.08. The summed E-state index contributed by atoms with van der Waals surface area (Å²) < 4.78 is 53.5. The van der Waals surface area contributed by atoms with Crippen LogP contribution in [0.2, 0.25) is 0 Å². The maximum Gasteiger partial charge on any atom is 0.305 e. The zero-order valence-electron chi connectivity index (χ0n) is 24.8. The maximum atomic E-state index is 11.6. The third-order valence-electron chi connectivity index (χ3n) is 5.19. The van der Waals surface area contributed by atoms with Gasteiger partial charge in [0, 0.05) is 6.42 Å². The summed E-state index contributed by atoms with van der Waals surface area (Å²) in [5.74, 6) is -0.148. The van der Waals surface area contributed by atoms with Crippen LogP contribution in [-0.4, -0.2) is 143 Å². The van der Waals surface area contributed by atoms with Gasteiger partial charge in [0.15, 0.2) is 0 Å². The van der Waals surface area contributed by atoms with E-state index in [1.807, 2.05) is 0 Å². The molecule has 1 N–H and O–H groups in total. The summed E-state index contributed by atoms with van der Waals surface area (Å²) in [4.78, 5) is 11.6. The Morgan fingerprint density at radius 3 is 1.05 bits per heavy atom. The molecule has 0 unspecified atom stereocenters. The fraction of sp³-hybridized carbons (Fsp3) is 0.964. The lowest BCUT2D eigenvalue weighted by atomic mass is 10.1. The number of unbranched alkanes of at least 4 members (excludes halogenated alkanes) is 4. The Hall–Kier alpha value is -0.930. The summed E-state index contributed by atoms with van der Waals surface area (Å²) in [5.41, 5.74) is 0. The van der Waals surface area contributed by atoms with E-state index in [9.17, 15) is 4.79 Å². The van der Waals surface area contributed by atoms with Crippen molar-refractivity contribution < 1.29 is 57.3 Å². The lowest BCUT2D eigenvalue weighted by Crippen LogP contribution is -2.15. The summed E-state index contributed by atoms with van der Waals surface area (Å²) >= 11 is 0. The van der Waals surface area contributed by atoms with Crippen molar-refractivity contribution in [1.82, 2.24) is 0 Å². The number of carbonyl (C=O) groups is 1. The summed E-state index contributed by atoms with van der Waals surface area (Å²) in [5, 5.41) is 8.56. The summed E-state index contributed by atoms with van der Waals surface area (Å²) in [6.45, 7) is 11.1. The molecule has 40 heavy (non-hydrogen) atoms. The molecule has 0 aliphatic heterocycles. The molecule has 0 fully saturated rings. The predicted molar refractivity (Wildman–Crippen MR) is 149 cm³/mol. The van der Waals surface area contributed by atoms with Crippen LogP contribution in [0, 0.1) is 0 Å². The molecule has 12 nitrogen and oxygen atoms in total. The fourth-order valence-electron chi connectivity index (χ4n) is 3.09. The normalized spacial score (nSPS) is 11.3. The van der Waals surface area contributed by atoms with Gasteiger partial charge in [-0.05, 0) is 6.42 Å². The second kappa shape index (κ2) is 36.1. The van der Waals surface area contributed by atoms with Crippen molar-refractivity contribution >= 4 is 5.97 Å². The Morgan fingerprint density at radius 2 is 0.725 bits per heavy atom. The maximum absolute atomic E-state index is 11.6. The van der Waals surface area contributed by atoms with Crippen LogP contribution in [0.5, 0.6) is 0 Å². The van der Waals surface area contributed by atoms with Crippen LogP contribution in [0.25, 0.3) is 0 Å². The fourth-order valence-corrected chi connectivity index (χ4v) is 3.09. The molecule has 12 heteroatoms. The number of aliphatic hydroxyl groups excluding tert-OH is 1. The first-order chi connectivity index (χ1) is 19.8. The third-order valence-corrected chi connectivity index (χ3v) is 5.19. The first kappa shape index (κ1) is 39.1. The Balaban J connectivity index is 3.08. The predicted octanol–water partition coefficient (Wildman–Crippen LogP) is 2.03. The second-order valence-electron chi connectivity index (χ2n) is 8.62. The SMILES string of the molecule is CCCCCCCC(=O)OCCOCCOCCOCCOCCOCCOCCOCCOCCOCCO. The lowest BCUT2D eigenvalue weighted by molar-refractivity contribution is -0.145.